The highest BCUT2D eigenvalue weighted by atomic mass is 16.5. The van der Waals surface area contributed by atoms with Crippen LogP contribution in [-0.4, -0.2) is 30.2 Å². The molecule has 2 aromatic rings. The van der Waals surface area contributed by atoms with Crippen molar-refractivity contribution in [2.45, 2.75) is 13.3 Å². The largest absolute Gasteiger partial charge is 0.385 e. The second-order valence-corrected chi connectivity index (χ2v) is 4.74. The van der Waals surface area contributed by atoms with E-state index < -0.39 is 0 Å². The molecule has 0 radical (unpaired) electrons. The Bertz CT molecular complexity index is 666. The lowest BCUT2D eigenvalue weighted by atomic mass is 10.2. The molecule has 0 bridgehead atoms. The van der Waals surface area contributed by atoms with Crippen molar-refractivity contribution in [1.82, 2.24) is 9.97 Å². The average Bonchev–Trinajstić information content (AvgIpc) is 2.52. The number of para-hydroxylation sites is 1. The number of ether oxygens (including phenoxy) is 1. The summed E-state index contributed by atoms with van der Waals surface area (Å²) >= 11 is 0. The van der Waals surface area contributed by atoms with E-state index in [4.69, 9.17) is 10.00 Å². The third-order valence-corrected chi connectivity index (χ3v) is 2.98. The summed E-state index contributed by atoms with van der Waals surface area (Å²) in [6.45, 7) is 3.32. The number of methoxy groups -OCH3 is 1. The summed E-state index contributed by atoms with van der Waals surface area (Å²) < 4.78 is 5.02. The number of hydrogen-bond acceptors (Lipinski definition) is 6. The van der Waals surface area contributed by atoms with Gasteiger partial charge in [0.05, 0.1) is 11.3 Å². The molecule has 0 saturated carbocycles. The summed E-state index contributed by atoms with van der Waals surface area (Å²) in [6.07, 6.45) is 0.902. The Balaban J connectivity index is 2.11. The van der Waals surface area contributed by atoms with Gasteiger partial charge < -0.3 is 15.4 Å². The molecule has 22 heavy (non-hydrogen) atoms. The highest BCUT2D eigenvalue weighted by Crippen LogP contribution is 2.20. The van der Waals surface area contributed by atoms with Crippen molar-refractivity contribution >= 4 is 17.3 Å². The summed E-state index contributed by atoms with van der Waals surface area (Å²) in [4.78, 5) is 8.70. The monoisotopic (exact) mass is 297 g/mol. The van der Waals surface area contributed by atoms with E-state index in [1.54, 1.807) is 13.2 Å². The zero-order valence-corrected chi connectivity index (χ0v) is 12.8. The summed E-state index contributed by atoms with van der Waals surface area (Å²) in [5.41, 5.74) is 1.31. The fraction of sp³-hybridized carbons (Fsp3) is 0.312. The number of aryl methyl sites for hydroxylation is 1. The number of anilines is 3. The zero-order chi connectivity index (χ0) is 15.8. The van der Waals surface area contributed by atoms with Gasteiger partial charge in [0.2, 0.25) is 0 Å². The van der Waals surface area contributed by atoms with Gasteiger partial charge in [0.15, 0.2) is 0 Å². The smallest absolute Gasteiger partial charge is 0.136 e. The van der Waals surface area contributed by atoms with Crippen molar-refractivity contribution in [1.29, 1.82) is 5.26 Å². The van der Waals surface area contributed by atoms with Crippen LogP contribution in [0.3, 0.4) is 0 Å². The zero-order valence-electron chi connectivity index (χ0n) is 12.8. The Labute approximate surface area is 130 Å². The predicted molar refractivity (Wildman–Crippen MR) is 86.2 cm³/mol. The molecule has 2 N–H and O–H groups in total. The Hall–Kier alpha value is -2.65. The van der Waals surface area contributed by atoms with Gasteiger partial charge in [0.1, 0.15) is 23.5 Å². The Kier molecular flexibility index (Phi) is 5.69. The highest BCUT2D eigenvalue weighted by Gasteiger charge is 2.05. The number of rotatable bonds is 7. The highest BCUT2D eigenvalue weighted by molar-refractivity contribution is 5.65. The molecule has 0 atom stereocenters. The first-order chi connectivity index (χ1) is 10.7. The molecule has 1 heterocycles. The van der Waals surface area contributed by atoms with Gasteiger partial charge in [-0.3, -0.25) is 0 Å². The number of nitriles is 1. The van der Waals surface area contributed by atoms with Gasteiger partial charge >= 0.3 is 0 Å². The fourth-order valence-electron chi connectivity index (χ4n) is 1.98. The van der Waals surface area contributed by atoms with E-state index in [0.29, 0.717) is 23.8 Å². The molecule has 0 unspecified atom stereocenters. The average molecular weight is 297 g/mol. The third-order valence-electron chi connectivity index (χ3n) is 2.98. The number of hydrogen-bond donors (Lipinski definition) is 2. The molecule has 0 aliphatic heterocycles. The van der Waals surface area contributed by atoms with E-state index >= 15 is 0 Å². The van der Waals surface area contributed by atoms with Crippen LogP contribution in [-0.2, 0) is 4.74 Å². The van der Waals surface area contributed by atoms with Crippen molar-refractivity contribution in [2.75, 3.05) is 30.9 Å². The van der Waals surface area contributed by atoms with Crippen molar-refractivity contribution in [3.05, 3.63) is 41.7 Å². The summed E-state index contributed by atoms with van der Waals surface area (Å²) in [5, 5.41) is 15.5. The van der Waals surface area contributed by atoms with Crippen molar-refractivity contribution < 1.29 is 4.74 Å². The molecule has 0 saturated heterocycles. The minimum atomic E-state index is 0.577. The fourth-order valence-corrected chi connectivity index (χ4v) is 1.98. The van der Waals surface area contributed by atoms with Crippen LogP contribution in [0.15, 0.2) is 30.3 Å². The van der Waals surface area contributed by atoms with E-state index in [1.807, 2.05) is 31.2 Å². The summed E-state index contributed by atoms with van der Waals surface area (Å²) in [6, 6.07) is 11.3. The maximum Gasteiger partial charge on any atom is 0.136 e. The van der Waals surface area contributed by atoms with Crippen LogP contribution in [0, 0.1) is 18.3 Å². The first-order valence-corrected chi connectivity index (χ1v) is 7.07. The van der Waals surface area contributed by atoms with Crippen LogP contribution < -0.4 is 10.6 Å². The van der Waals surface area contributed by atoms with E-state index in [1.165, 1.54) is 0 Å². The summed E-state index contributed by atoms with van der Waals surface area (Å²) in [5.74, 6) is 2.07. The molecular formula is C16H19N5O. The van der Waals surface area contributed by atoms with Gasteiger partial charge in [-0.25, -0.2) is 9.97 Å². The second-order valence-electron chi connectivity index (χ2n) is 4.74. The van der Waals surface area contributed by atoms with Crippen LogP contribution in [0.1, 0.15) is 17.8 Å². The number of benzene rings is 1. The number of aromatic nitrogens is 2. The maximum atomic E-state index is 9.13. The van der Waals surface area contributed by atoms with Crippen LogP contribution in [0.2, 0.25) is 0 Å². The van der Waals surface area contributed by atoms with Gasteiger partial charge in [0.25, 0.3) is 0 Å². The molecule has 1 aromatic carbocycles. The lowest BCUT2D eigenvalue weighted by molar-refractivity contribution is 0.198. The maximum absolute atomic E-state index is 9.13. The van der Waals surface area contributed by atoms with E-state index in [9.17, 15) is 0 Å². The Morgan fingerprint density at radius 3 is 2.77 bits per heavy atom. The minimum Gasteiger partial charge on any atom is -0.385 e. The Morgan fingerprint density at radius 1 is 1.23 bits per heavy atom. The quantitative estimate of drug-likeness (QED) is 0.765. The molecule has 0 amide bonds. The van der Waals surface area contributed by atoms with Gasteiger partial charge in [-0.1, -0.05) is 12.1 Å². The normalized spacial score (nSPS) is 10.0. The second kappa shape index (κ2) is 7.96. The molecule has 6 nitrogen and oxygen atoms in total. The molecule has 2 rings (SSSR count). The molecule has 114 valence electrons. The lowest BCUT2D eigenvalue weighted by Crippen LogP contribution is -2.08. The van der Waals surface area contributed by atoms with E-state index in [-0.39, 0.29) is 0 Å². The van der Waals surface area contributed by atoms with Crippen LogP contribution in [0.5, 0.6) is 0 Å². The standard InChI is InChI=1S/C16H19N5O/c1-12-19-15(18-8-5-9-22-2)10-16(20-12)21-14-7-4-3-6-13(14)11-17/h3-4,6-7,10H,5,8-9H2,1-2H3,(H2,18,19,20,21). The van der Waals surface area contributed by atoms with E-state index in [2.05, 4.69) is 26.7 Å². The molecular weight excluding hydrogens is 278 g/mol. The van der Waals surface area contributed by atoms with Gasteiger partial charge in [-0.05, 0) is 25.5 Å². The van der Waals surface area contributed by atoms with Gasteiger partial charge in [0, 0.05) is 26.3 Å². The molecule has 6 heteroatoms. The first-order valence-electron chi connectivity index (χ1n) is 7.07. The van der Waals surface area contributed by atoms with E-state index in [0.717, 1.165) is 24.5 Å². The van der Waals surface area contributed by atoms with Crippen LogP contribution >= 0.6 is 0 Å². The topological polar surface area (TPSA) is 82.9 Å². The van der Waals surface area contributed by atoms with Gasteiger partial charge in [-0.15, -0.1) is 0 Å². The third kappa shape index (κ3) is 4.43. The molecule has 0 spiro atoms. The molecule has 0 aliphatic rings. The minimum absolute atomic E-state index is 0.577. The number of nitrogens with one attached hydrogen (secondary N) is 2. The van der Waals surface area contributed by atoms with Crippen LogP contribution in [0.25, 0.3) is 0 Å². The molecule has 0 fully saturated rings. The van der Waals surface area contributed by atoms with Gasteiger partial charge in [-0.2, -0.15) is 5.26 Å². The molecule has 1 aromatic heterocycles. The Morgan fingerprint density at radius 2 is 2.00 bits per heavy atom. The lowest BCUT2D eigenvalue weighted by Gasteiger charge is -2.11. The van der Waals surface area contributed by atoms with Crippen molar-refractivity contribution in [2.24, 2.45) is 0 Å². The van der Waals surface area contributed by atoms with Crippen LogP contribution in [0.4, 0.5) is 17.3 Å². The predicted octanol–water partition coefficient (Wildman–Crippen LogP) is 2.85. The molecule has 0 aliphatic carbocycles. The SMILES string of the molecule is COCCCNc1cc(Nc2ccccc2C#N)nc(C)n1. The van der Waals surface area contributed by atoms with Crippen molar-refractivity contribution in [3.63, 3.8) is 0 Å². The van der Waals surface area contributed by atoms with Crippen molar-refractivity contribution in [3.8, 4) is 6.07 Å². The first kappa shape index (κ1) is 15.7. The number of nitrogens with zero attached hydrogens (tertiary/aromatic N) is 3. The summed E-state index contributed by atoms with van der Waals surface area (Å²) in [7, 11) is 1.68.